The molecule has 3 aromatic rings. The molecular weight excluding hydrogens is 328 g/mol. The van der Waals surface area contributed by atoms with E-state index in [0.29, 0.717) is 23.9 Å². The Morgan fingerprint density at radius 3 is 2.58 bits per heavy atom. The van der Waals surface area contributed by atoms with Crippen LogP contribution >= 0.6 is 0 Å². The molecule has 3 rings (SSSR count). The number of aromatic nitrogens is 2. The largest absolute Gasteiger partial charge is 0.496 e. The maximum absolute atomic E-state index is 11.3. The predicted octanol–water partition coefficient (Wildman–Crippen LogP) is 4.04. The molecule has 1 heterocycles. The summed E-state index contributed by atoms with van der Waals surface area (Å²) in [4.78, 5) is 20.0. The number of ketones is 1. The predicted molar refractivity (Wildman–Crippen MR) is 102 cm³/mol. The van der Waals surface area contributed by atoms with Gasteiger partial charge in [0, 0.05) is 29.6 Å². The minimum absolute atomic E-state index is 0.0430. The van der Waals surface area contributed by atoms with Crippen molar-refractivity contribution >= 4 is 23.2 Å². The van der Waals surface area contributed by atoms with Crippen LogP contribution in [0.1, 0.15) is 22.8 Å². The van der Waals surface area contributed by atoms with Crippen molar-refractivity contribution in [3.8, 4) is 5.75 Å². The Kier molecular flexibility index (Phi) is 5.43. The Morgan fingerprint density at radius 2 is 1.85 bits per heavy atom. The molecule has 2 N–H and O–H groups in total. The van der Waals surface area contributed by atoms with Crippen LogP contribution in [-0.2, 0) is 6.54 Å². The van der Waals surface area contributed by atoms with Crippen molar-refractivity contribution in [1.29, 1.82) is 0 Å². The fourth-order valence-electron chi connectivity index (χ4n) is 2.47. The Hall–Kier alpha value is -3.41. The first-order chi connectivity index (χ1) is 12.7. The highest BCUT2D eigenvalue weighted by Crippen LogP contribution is 2.19. The molecule has 0 bridgehead atoms. The van der Waals surface area contributed by atoms with Crippen LogP contribution in [0.25, 0.3) is 0 Å². The van der Waals surface area contributed by atoms with Gasteiger partial charge in [-0.05, 0) is 43.3 Å². The first kappa shape index (κ1) is 17.4. The molecule has 6 heteroatoms. The molecule has 0 aliphatic heterocycles. The van der Waals surface area contributed by atoms with E-state index < -0.39 is 0 Å². The summed E-state index contributed by atoms with van der Waals surface area (Å²) in [6, 6.07) is 16.9. The third kappa shape index (κ3) is 4.36. The Balaban J connectivity index is 1.67. The maximum atomic E-state index is 11.3. The van der Waals surface area contributed by atoms with Crippen LogP contribution in [0.2, 0.25) is 0 Å². The number of carbonyl (C=O) groups is 1. The molecule has 0 unspecified atom stereocenters. The first-order valence-electron chi connectivity index (χ1n) is 8.22. The van der Waals surface area contributed by atoms with Crippen molar-refractivity contribution in [3.05, 3.63) is 71.9 Å². The van der Waals surface area contributed by atoms with Gasteiger partial charge in [0.1, 0.15) is 11.6 Å². The molecule has 0 saturated carbocycles. The Morgan fingerprint density at radius 1 is 1.08 bits per heavy atom. The highest BCUT2D eigenvalue weighted by Gasteiger charge is 2.04. The average Bonchev–Trinajstić information content (AvgIpc) is 2.67. The lowest BCUT2D eigenvalue weighted by Gasteiger charge is -2.11. The van der Waals surface area contributed by atoms with Crippen LogP contribution < -0.4 is 15.4 Å². The van der Waals surface area contributed by atoms with Gasteiger partial charge in [0.05, 0.1) is 7.11 Å². The summed E-state index contributed by atoms with van der Waals surface area (Å²) < 4.78 is 5.35. The number of hydrogen-bond donors (Lipinski definition) is 2. The van der Waals surface area contributed by atoms with Crippen LogP contribution in [0.5, 0.6) is 5.75 Å². The van der Waals surface area contributed by atoms with Crippen molar-refractivity contribution in [2.75, 3.05) is 17.7 Å². The fraction of sp³-hybridized carbons (Fsp3) is 0.150. The molecule has 0 saturated heterocycles. The van der Waals surface area contributed by atoms with Gasteiger partial charge in [-0.2, -0.15) is 4.98 Å². The topological polar surface area (TPSA) is 76.1 Å². The van der Waals surface area contributed by atoms with E-state index in [2.05, 4.69) is 20.6 Å². The van der Waals surface area contributed by atoms with Gasteiger partial charge >= 0.3 is 0 Å². The van der Waals surface area contributed by atoms with E-state index in [1.165, 1.54) is 0 Å². The number of hydrogen-bond acceptors (Lipinski definition) is 6. The summed E-state index contributed by atoms with van der Waals surface area (Å²) in [5.41, 5.74) is 2.55. The molecule has 0 radical (unpaired) electrons. The summed E-state index contributed by atoms with van der Waals surface area (Å²) in [7, 11) is 1.65. The molecule has 0 fully saturated rings. The molecule has 1 aromatic heterocycles. The van der Waals surface area contributed by atoms with Crippen molar-refractivity contribution in [2.24, 2.45) is 0 Å². The average molecular weight is 348 g/mol. The third-order valence-electron chi connectivity index (χ3n) is 3.85. The van der Waals surface area contributed by atoms with Gasteiger partial charge in [0.25, 0.3) is 0 Å². The standard InChI is InChI=1S/C20H20N4O2/c1-14(25)15-7-9-17(10-8-15)23-19-11-12-21-20(24-19)22-13-16-5-3-4-6-18(16)26-2/h3-12H,13H2,1-2H3,(H2,21,22,23,24). The van der Waals surface area contributed by atoms with Crippen LogP contribution in [0.15, 0.2) is 60.8 Å². The summed E-state index contributed by atoms with van der Waals surface area (Å²) in [5, 5.41) is 6.40. The number of anilines is 3. The van der Waals surface area contributed by atoms with E-state index in [-0.39, 0.29) is 5.78 Å². The maximum Gasteiger partial charge on any atom is 0.224 e. The molecule has 26 heavy (non-hydrogen) atoms. The van der Waals surface area contributed by atoms with Crippen molar-refractivity contribution in [1.82, 2.24) is 9.97 Å². The molecule has 2 aromatic carbocycles. The molecule has 0 aliphatic carbocycles. The number of methoxy groups -OCH3 is 1. The SMILES string of the molecule is COc1ccccc1CNc1nccc(Nc2ccc(C(C)=O)cc2)n1. The number of rotatable bonds is 7. The van der Waals surface area contributed by atoms with Gasteiger partial charge in [-0.15, -0.1) is 0 Å². The normalized spacial score (nSPS) is 10.2. The van der Waals surface area contributed by atoms with Gasteiger partial charge in [0.2, 0.25) is 5.95 Å². The van der Waals surface area contributed by atoms with Crippen LogP contribution in [0.3, 0.4) is 0 Å². The number of nitrogens with one attached hydrogen (secondary N) is 2. The number of Topliss-reactive ketones (excluding diaryl/α,β-unsaturated/α-hetero) is 1. The van der Waals surface area contributed by atoms with Gasteiger partial charge < -0.3 is 15.4 Å². The van der Waals surface area contributed by atoms with Crippen molar-refractivity contribution in [3.63, 3.8) is 0 Å². The minimum Gasteiger partial charge on any atom is -0.496 e. The smallest absolute Gasteiger partial charge is 0.224 e. The first-order valence-corrected chi connectivity index (χ1v) is 8.22. The van der Waals surface area contributed by atoms with Gasteiger partial charge in [-0.1, -0.05) is 18.2 Å². The van der Waals surface area contributed by atoms with E-state index in [9.17, 15) is 4.79 Å². The molecule has 0 aliphatic rings. The highest BCUT2D eigenvalue weighted by atomic mass is 16.5. The van der Waals surface area contributed by atoms with Gasteiger partial charge in [0.15, 0.2) is 5.78 Å². The molecule has 0 atom stereocenters. The fourth-order valence-corrected chi connectivity index (χ4v) is 2.47. The molecule has 6 nitrogen and oxygen atoms in total. The molecule has 0 spiro atoms. The number of nitrogens with zero attached hydrogens (tertiary/aromatic N) is 2. The van der Waals surface area contributed by atoms with Crippen molar-refractivity contribution in [2.45, 2.75) is 13.5 Å². The molecule has 0 amide bonds. The van der Waals surface area contributed by atoms with Gasteiger partial charge in [-0.25, -0.2) is 4.98 Å². The summed E-state index contributed by atoms with van der Waals surface area (Å²) >= 11 is 0. The van der Waals surface area contributed by atoms with Gasteiger partial charge in [-0.3, -0.25) is 4.79 Å². The van der Waals surface area contributed by atoms with E-state index in [1.807, 2.05) is 36.4 Å². The zero-order chi connectivity index (χ0) is 18.4. The lowest BCUT2D eigenvalue weighted by molar-refractivity contribution is 0.101. The minimum atomic E-state index is 0.0430. The second kappa shape index (κ2) is 8.11. The Bertz CT molecular complexity index is 894. The monoisotopic (exact) mass is 348 g/mol. The van der Waals surface area contributed by atoms with E-state index in [1.54, 1.807) is 38.4 Å². The van der Waals surface area contributed by atoms with Crippen LogP contribution in [0, 0.1) is 0 Å². The zero-order valence-corrected chi connectivity index (χ0v) is 14.7. The number of carbonyl (C=O) groups excluding carboxylic acids is 1. The second-order valence-electron chi connectivity index (χ2n) is 5.69. The van der Waals surface area contributed by atoms with Crippen molar-refractivity contribution < 1.29 is 9.53 Å². The number of ether oxygens (including phenoxy) is 1. The summed E-state index contributed by atoms with van der Waals surface area (Å²) in [6.45, 7) is 2.10. The number of para-hydroxylation sites is 1. The van der Waals surface area contributed by atoms with Crippen LogP contribution in [-0.4, -0.2) is 22.9 Å². The lowest BCUT2D eigenvalue weighted by atomic mass is 10.1. The molecular formula is C20H20N4O2. The zero-order valence-electron chi connectivity index (χ0n) is 14.7. The van der Waals surface area contributed by atoms with E-state index >= 15 is 0 Å². The van der Waals surface area contributed by atoms with E-state index in [0.717, 1.165) is 17.0 Å². The summed E-state index contributed by atoms with van der Waals surface area (Å²) in [6.07, 6.45) is 1.68. The Labute approximate surface area is 152 Å². The summed E-state index contributed by atoms with van der Waals surface area (Å²) in [5.74, 6) is 2.04. The number of benzene rings is 2. The lowest BCUT2D eigenvalue weighted by Crippen LogP contribution is -2.06. The molecule has 132 valence electrons. The third-order valence-corrected chi connectivity index (χ3v) is 3.85. The van der Waals surface area contributed by atoms with Crippen LogP contribution in [0.4, 0.5) is 17.5 Å². The quantitative estimate of drug-likeness (QED) is 0.628. The second-order valence-corrected chi connectivity index (χ2v) is 5.69. The highest BCUT2D eigenvalue weighted by molar-refractivity contribution is 5.94. The van der Waals surface area contributed by atoms with E-state index in [4.69, 9.17) is 4.74 Å².